The number of halogens is 2. The second-order valence-electron chi connectivity index (χ2n) is 7.71. The number of hydrogen-bond acceptors (Lipinski definition) is 0. The summed E-state index contributed by atoms with van der Waals surface area (Å²) in [5.74, 6) is 0. The number of rotatable bonds is 0. The topological polar surface area (TPSA) is 0 Å². The van der Waals surface area contributed by atoms with Gasteiger partial charge in [-0.15, -0.1) is 106 Å². The first-order valence-corrected chi connectivity index (χ1v) is 13.2. The van der Waals surface area contributed by atoms with Gasteiger partial charge < -0.3 is 0 Å². The first-order chi connectivity index (χ1) is 14.9. The average Bonchev–Trinajstić information content (AvgIpc) is 3.34. The Morgan fingerprint density at radius 1 is 0.606 bits per heavy atom. The molecular formula is C29H31Cl2SiTi-3. The standard InChI is InChI=1S/2C11H11.C7H7.2ClH.Si.Ti/c2*1-8-6-10-5-3-4-9(2)11(10)7-8;1-7-5-3-2-4-6-7;;;;/h2*3-7H,1-2H3;2-6H,1H2;2*1H;;/q3*-1;;;;. The zero-order chi connectivity index (χ0) is 22.8. The summed E-state index contributed by atoms with van der Waals surface area (Å²) in [4.78, 5) is 0. The Hall–Kier alpha value is -1.74. The maximum absolute atomic E-state index is 3.72. The molecule has 0 aliphatic rings. The van der Waals surface area contributed by atoms with E-state index in [1.807, 2.05) is 30.3 Å². The Labute approximate surface area is 225 Å². The first-order valence-electron chi connectivity index (χ1n) is 10.3. The molecule has 5 aromatic rings. The van der Waals surface area contributed by atoms with Crippen LogP contribution in [-0.4, -0.2) is 7.63 Å². The van der Waals surface area contributed by atoms with Gasteiger partial charge >= 0.3 is 26.8 Å². The van der Waals surface area contributed by atoms with Crippen molar-refractivity contribution < 1.29 is 19.2 Å². The number of benzene rings is 3. The quantitative estimate of drug-likeness (QED) is 0.140. The van der Waals surface area contributed by atoms with E-state index in [0.29, 0.717) is 0 Å². The Kier molecular flexibility index (Phi) is 15.1. The van der Waals surface area contributed by atoms with Gasteiger partial charge in [0.2, 0.25) is 0 Å². The third kappa shape index (κ3) is 9.57. The van der Waals surface area contributed by atoms with Crippen molar-refractivity contribution in [2.75, 3.05) is 0 Å². The molecule has 0 N–H and O–H groups in total. The van der Waals surface area contributed by atoms with E-state index in [9.17, 15) is 0 Å². The van der Waals surface area contributed by atoms with E-state index in [4.69, 9.17) is 0 Å². The number of aryl methyl sites for hydroxylation is 4. The monoisotopic (exact) mass is 525 g/mol. The van der Waals surface area contributed by atoms with E-state index in [2.05, 4.69) is 103 Å². The fraction of sp³-hybridized carbons (Fsp3) is 0.138. The van der Waals surface area contributed by atoms with Gasteiger partial charge in [-0.25, -0.2) is 0 Å². The van der Waals surface area contributed by atoms with Crippen molar-refractivity contribution in [3.8, 4) is 0 Å². The van der Waals surface area contributed by atoms with Gasteiger partial charge in [-0.3, -0.25) is 0 Å². The summed E-state index contributed by atoms with van der Waals surface area (Å²) in [5, 5.41) is 5.51. The van der Waals surface area contributed by atoms with Crippen LogP contribution in [0.3, 0.4) is 0 Å². The maximum atomic E-state index is 3.72. The molecule has 0 amide bonds. The van der Waals surface area contributed by atoms with Crippen molar-refractivity contribution in [2.45, 2.75) is 27.7 Å². The van der Waals surface area contributed by atoms with E-state index in [1.165, 1.54) is 43.8 Å². The van der Waals surface area contributed by atoms with Gasteiger partial charge in [-0.1, -0.05) is 43.2 Å². The molecule has 2 radical (unpaired) electrons. The molecule has 0 saturated carbocycles. The Morgan fingerprint density at radius 3 is 1.30 bits per heavy atom. The zero-order valence-electron chi connectivity index (χ0n) is 19.7. The molecule has 172 valence electrons. The minimum atomic E-state index is 0. The molecule has 0 bridgehead atoms. The molecule has 0 aromatic heterocycles. The van der Waals surface area contributed by atoms with Crippen LogP contribution >= 0.6 is 24.8 Å². The predicted octanol–water partition coefficient (Wildman–Crippen LogP) is 8.68. The molecule has 5 rings (SSSR count). The van der Waals surface area contributed by atoms with Gasteiger partial charge in [-0.2, -0.15) is 36.8 Å². The van der Waals surface area contributed by atoms with E-state index < -0.39 is 0 Å². The Bertz CT molecular complexity index is 1140. The average molecular weight is 526 g/mol. The van der Waals surface area contributed by atoms with Crippen molar-refractivity contribution >= 4 is 54.0 Å². The molecule has 33 heavy (non-hydrogen) atoms. The van der Waals surface area contributed by atoms with Crippen LogP contribution in [0, 0.1) is 34.6 Å². The van der Waals surface area contributed by atoms with Crippen LogP contribution in [0.25, 0.3) is 21.5 Å². The van der Waals surface area contributed by atoms with Crippen LogP contribution in [0.1, 0.15) is 27.8 Å². The number of hydrogen-bond donors (Lipinski definition) is 0. The zero-order valence-corrected chi connectivity index (χ0v) is 23.9. The van der Waals surface area contributed by atoms with E-state index in [-0.39, 0.29) is 24.8 Å². The van der Waals surface area contributed by atoms with Gasteiger partial charge in [0.15, 0.2) is 0 Å². The van der Waals surface area contributed by atoms with Gasteiger partial charge in [-0.05, 0) is 13.8 Å². The molecule has 0 spiro atoms. The molecule has 0 fully saturated rings. The van der Waals surface area contributed by atoms with Crippen LogP contribution in [-0.2, 0) is 19.2 Å². The molecule has 0 nitrogen and oxygen atoms in total. The predicted molar refractivity (Wildman–Crippen MR) is 149 cm³/mol. The summed E-state index contributed by atoms with van der Waals surface area (Å²) in [6.07, 6.45) is 0. The molecule has 0 aliphatic carbocycles. The summed E-state index contributed by atoms with van der Waals surface area (Å²) < 4.78 is 0. The third-order valence-corrected chi connectivity index (χ3v) is 5.07. The van der Waals surface area contributed by atoms with Gasteiger partial charge in [0.1, 0.15) is 0 Å². The summed E-state index contributed by atoms with van der Waals surface area (Å²) in [5.41, 5.74) is 6.53. The van der Waals surface area contributed by atoms with Crippen molar-refractivity contribution in [1.82, 2.24) is 0 Å². The Balaban J connectivity index is 0.000000446. The molecular weight excluding hydrogens is 495 g/mol. The van der Waals surface area contributed by atoms with Gasteiger partial charge in [0, 0.05) is 0 Å². The second-order valence-corrected chi connectivity index (χ2v) is 7.71. The summed E-state index contributed by atoms with van der Waals surface area (Å²) in [6.45, 7) is 12.3. The second kappa shape index (κ2) is 16.0. The van der Waals surface area contributed by atoms with Crippen LogP contribution in [0.4, 0.5) is 0 Å². The first kappa shape index (κ1) is 31.3. The van der Waals surface area contributed by atoms with Crippen molar-refractivity contribution in [1.29, 1.82) is 0 Å². The van der Waals surface area contributed by atoms with Crippen LogP contribution in [0.2, 0.25) is 0 Å². The minimum absolute atomic E-state index is 0. The summed E-state index contributed by atoms with van der Waals surface area (Å²) >= 11 is 1.81. The summed E-state index contributed by atoms with van der Waals surface area (Å²) in [7, 11) is 2.97. The molecule has 0 saturated heterocycles. The normalized spacial score (nSPS) is 9.06. The molecule has 0 atom stereocenters. The van der Waals surface area contributed by atoms with Gasteiger partial charge in [0.05, 0.1) is 0 Å². The van der Waals surface area contributed by atoms with Crippen LogP contribution in [0.5, 0.6) is 0 Å². The van der Waals surface area contributed by atoms with Crippen molar-refractivity contribution in [2.24, 2.45) is 0 Å². The fourth-order valence-electron chi connectivity index (χ4n) is 3.56. The molecule has 4 heteroatoms. The number of fused-ring (bicyclic) bond motifs is 2. The molecule has 5 aromatic carbocycles. The van der Waals surface area contributed by atoms with Crippen molar-refractivity contribution in [3.05, 3.63) is 126 Å². The SMILES string of the molecule is Cc1cc2c(C)cccc2[cH-]1.Cc1cc2c(C)cccc2[cH-]1.Cl.Cl.[CH2-]c1ccccc1.[Si]=[Ti]. The Morgan fingerprint density at radius 2 is 1.00 bits per heavy atom. The third-order valence-electron chi connectivity index (χ3n) is 5.07. The molecule has 0 aliphatic heterocycles. The molecule has 0 unspecified atom stereocenters. The van der Waals surface area contributed by atoms with Crippen LogP contribution < -0.4 is 0 Å². The summed E-state index contributed by atoms with van der Waals surface area (Å²) in [6, 6.07) is 31.7. The van der Waals surface area contributed by atoms with Gasteiger partial charge in [0.25, 0.3) is 0 Å². The van der Waals surface area contributed by atoms with E-state index in [1.54, 1.807) is 19.2 Å². The van der Waals surface area contributed by atoms with Crippen LogP contribution in [0.15, 0.2) is 91.0 Å². The van der Waals surface area contributed by atoms with E-state index in [0.717, 1.165) is 5.56 Å². The molecule has 0 heterocycles. The van der Waals surface area contributed by atoms with E-state index >= 15 is 0 Å². The fourth-order valence-corrected chi connectivity index (χ4v) is 3.56. The van der Waals surface area contributed by atoms with Crippen molar-refractivity contribution in [3.63, 3.8) is 0 Å².